The second-order valence-electron chi connectivity index (χ2n) is 5.56. The molecule has 4 rings (SSSR count). The van der Waals surface area contributed by atoms with Crippen LogP contribution >= 0.6 is 23.2 Å². The molecule has 1 fully saturated rings. The van der Waals surface area contributed by atoms with Gasteiger partial charge in [0.05, 0.1) is 32.6 Å². The Balaban J connectivity index is 0.000000592. The molecular weight excluding hydrogens is 377 g/mol. The first-order valence-corrected chi connectivity index (χ1v) is 8.49. The second kappa shape index (κ2) is 7.60. The van der Waals surface area contributed by atoms with Gasteiger partial charge in [0.25, 0.3) is 0 Å². The van der Waals surface area contributed by atoms with E-state index in [1.165, 1.54) is 42.3 Å². The van der Waals surface area contributed by atoms with Crippen LogP contribution in [0.1, 0.15) is 24.8 Å². The molecule has 1 saturated carbocycles. The highest BCUT2D eigenvalue weighted by molar-refractivity contribution is 6.38. The molecule has 2 N–H and O–H groups in total. The fraction of sp³-hybridized carbons (Fsp3) is 0.176. The molecule has 2 heterocycles. The summed E-state index contributed by atoms with van der Waals surface area (Å²) >= 11 is 12.4. The molecule has 26 heavy (non-hydrogen) atoms. The predicted octanol–water partition coefficient (Wildman–Crippen LogP) is 4.86. The lowest BCUT2D eigenvalue weighted by atomic mass is 10.2. The highest BCUT2D eigenvalue weighted by Crippen LogP contribution is 2.31. The largest absolute Gasteiger partial charge is 0.465 e. The zero-order valence-corrected chi connectivity index (χ0v) is 14.9. The Hall–Kier alpha value is -2.82. The van der Waals surface area contributed by atoms with Crippen molar-refractivity contribution >= 4 is 46.0 Å². The summed E-state index contributed by atoms with van der Waals surface area (Å²) < 4.78 is 1.42. The molecule has 0 saturated heterocycles. The van der Waals surface area contributed by atoms with Crippen molar-refractivity contribution in [1.29, 1.82) is 5.26 Å². The Bertz CT molecular complexity index is 998. The number of pyridine rings is 1. The van der Waals surface area contributed by atoms with Gasteiger partial charge in [0.15, 0.2) is 0 Å². The van der Waals surface area contributed by atoms with Crippen molar-refractivity contribution in [3.8, 4) is 11.8 Å². The summed E-state index contributed by atoms with van der Waals surface area (Å²) in [4.78, 5) is 14.8. The number of halogens is 2. The van der Waals surface area contributed by atoms with Gasteiger partial charge in [-0.2, -0.15) is 10.4 Å². The predicted molar refractivity (Wildman–Crippen MR) is 99.1 cm³/mol. The SMILES string of the molecule is C1CC1.N#Cc1cc(Cl)c(-n2cc3c(NC(=O)O)nccc3n2)c(Cl)c1. The Labute approximate surface area is 158 Å². The van der Waals surface area contributed by atoms with Crippen LogP contribution < -0.4 is 5.32 Å². The number of amides is 1. The average Bonchev–Trinajstić information content (AvgIpc) is 3.40. The zero-order valence-electron chi connectivity index (χ0n) is 13.4. The monoisotopic (exact) mass is 389 g/mol. The summed E-state index contributed by atoms with van der Waals surface area (Å²) in [7, 11) is 0. The summed E-state index contributed by atoms with van der Waals surface area (Å²) in [5.74, 6) is 0.155. The van der Waals surface area contributed by atoms with E-state index in [0.717, 1.165) is 0 Å². The third-order valence-electron chi connectivity index (χ3n) is 3.39. The van der Waals surface area contributed by atoms with E-state index >= 15 is 0 Å². The van der Waals surface area contributed by atoms with Crippen LogP contribution in [0.4, 0.5) is 10.6 Å². The number of nitriles is 1. The van der Waals surface area contributed by atoms with E-state index in [2.05, 4.69) is 15.4 Å². The summed E-state index contributed by atoms with van der Waals surface area (Å²) in [6.07, 6.45) is 6.27. The molecule has 1 aromatic carbocycles. The molecule has 3 aromatic rings. The fourth-order valence-corrected chi connectivity index (χ4v) is 2.77. The maximum atomic E-state index is 10.8. The molecule has 7 nitrogen and oxygen atoms in total. The fourth-order valence-electron chi connectivity index (χ4n) is 2.11. The molecule has 2 aromatic heterocycles. The van der Waals surface area contributed by atoms with Crippen molar-refractivity contribution in [1.82, 2.24) is 14.8 Å². The maximum absolute atomic E-state index is 10.8. The molecule has 0 atom stereocenters. The van der Waals surface area contributed by atoms with Gasteiger partial charge in [-0.15, -0.1) is 0 Å². The van der Waals surface area contributed by atoms with Gasteiger partial charge in [-0.25, -0.2) is 14.5 Å². The normalized spacial score (nSPS) is 12.0. The number of hydrogen-bond acceptors (Lipinski definition) is 4. The minimum atomic E-state index is -1.23. The molecule has 1 aliphatic rings. The first-order valence-electron chi connectivity index (χ1n) is 7.73. The average molecular weight is 390 g/mol. The number of aromatic nitrogens is 3. The van der Waals surface area contributed by atoms with Gasteiger partial charge in [-0.3, -0.25) is 5.32 Å². The molecule has 0 spiro atoms. The lowest BCUT2D eigenvalue weighted by Gasteiger charge is -2.07. The highest BCUT2D eigenvalue weighted by Gasteiger charge is 2.15. The maximum Gasteiger partial charge on any atom is 0.410 e. The summed E-state index contributed by atoms with van der Waals surface area (Å²) in [6, 6.07) is 6.54. The van der Waals surface area contributed by atoms with Gasteiger partial charge in [-0.05, 0) is 18.2 Å². The van der Waals surface area contributed by atoms with E-state index in [1.54, 1.807) is 12.3 Å². The van der Waals surface area contributed by atoms with Crippen LogP contribution in [0.2, 0.25) is 10.0 Å². The quantitative estimate of drug-likeness (QED) is 0.650. The topological polar surface area (TPSA) is 104 Å². The summed E-state index contributed by atoms with van der Waals surface area (Å²) in [6.45, 7) is 0. The first kappa shape index (κ1) is 18.0. The number of nitrogens with one attached hydrogen (secondary N) is 1. The van der Waals surface area contributed by atoms with Crippen LogP contribution in [0.5, 0.6) is 0 Å². The molecule has 0 aliphatic heterocycles. The van der Waals surface area contributed by atoms with E-state index in [9.17, 15) is 4.79 Å². The Morgan fingerprint density at radius 2 is 1.92 bits per heavy atom. The van der Waals surface area contributed by atoms with E-state index in [4.69, 9.17) is 33.6 Å². The number of nitrogens with zero attached hydrogens (tertiary/aromatic N) is 4. The summed E-state index contributed by atoms with van der Waals surface area (Å²) in [5.41, 5.74) is 1.24. The van der Waals surface area contributed by atoms with Crippen molar-refractivity contribution in [3.05, 3.63) is 46.2 Å². The molecule has 132 valence electrons. The Morgan fingerprint density at radius 1 is 1.27 bits per heavy atom. The minimum absolute atomic E-state index is 0.155. The minimum Gasteiger partial charge on any atom is -0.465 e. The van der Waals surface area contributed by atoms with E-state index in [0.29, 0.717) is 22.2 Å². The Morgan fingerprint density at radius 3 is 2.46 bits per heavy atom. The standard InChI is InChI=1S/C14H7Cl2N5O2.C3H6/c15-9-3-7(5-17)4-10(16)12(9)21-6-8-11(20-21)1-2-18-13(8)19-14(22)23;1-2-3-1/h1-4,6H,(H,18,19)(H,22,23);1-3H2. The summed E-state index contributed by atoms with van der Waals surface area (Å²) in [5, 5.41) is 25.3. The molecular formula is C17H13Cl2N5O2. The van der Waals surface area contributed by atoms with Crippen LogP contribution in [0.3, 0.4) is 0 Å². The van der Waals surface area contributed by atoms with Gasteiger partial charge in [0, 0.05) is 12.4 Å². The van der Waals surface area contributed by atoms with Gasteiger partial charge in [-0.1, -0.05) is 42.5 Å². The lowest BCUT2D eigenvalue weighted by molar-refractivity contribution is 0.209. The van der Waals surface area contributed by atoms with E-state index < -0.39 is 6.09 Å². The van der Waals surface area contributed by atoms with Crippen LogP contribution in [0, 0.1) is 11.3 Å². The molecule has 9 heteroatoms. The van der Waals surface area contributed by atoms with Crippen molar-refractivity contribution in [2.45, 2.75) is 19.3 Å². The molecule has 0 bridgehead atoms. The second-order valence-corrected chi connectivity index (χ2v) is 6.37. The smallest absolute Gasteiger partial charge is 0.410 e. The van der Waals surface area contributed by atoms with Crippen LogP contribution in [0.25, 0.3) is 16.6 Å². The number of anilines is 1. The van der Waals surface area contributed by atoms with Crippen LogP contribution in [-0.4, -0.2) is 26.0 Å². The van der Waals surface area contributed by atoms with E-state index in [1.807, 2.05) is 6.07 Å². The Kier molecular flexibility index (Phi) is 5.26. The number of hydrogen-bond donors (Lipinski definition) is 2. The molecule has 1 aliphatic carbocycles. The highest BCUT2D eigenvalue weighted by atomic mass is 35.5. The number of rotatable bonds is 2. The van der Waals surface area contributed by atoms with Gasteiger partial charge in [0.2, 0.25) is 0 Å². The van der Waals surface area contributed by atoms with Gasteiger partial charge in [0.1, 0.15) is 11.5 Å². The first-order chi connectivity index (χ1) is 12.5. The third-order valence-corrected chi connectivity index (χ3v) is 3.96. The van der Waals surface area contributed by atoms with Crippen molar-refractivity contribution in [3.63, 3.8) is 0 Å². The van der Waals surface area contributed by atoms with Crippen LogP contribution in [-0.2, 0) is 0 Å². The van der Waals surface area contributed by atoms with Crippen molar-refractivity contribution in [2.75, 3.05) is 5.32 Å². The molecule has 1 amide bonds. The third kappa shape index (κ3) is 4.04. The molecule has 0 radical (unpaired) electrons. The number of carbonyl (C=O) groups is 1. The van der Waals surface area contributed by atoms with Crippen molar-refractivity contribution in [2.24, 2.45) is 0 Å². The van der Waals surface area contributed by atoms with E-state index in [-0.39, 0.29) is 15.9 Å². The molecule has 0 unspecified atom stereocenters. The lowest BCUT2D eigenvalue weighted by Crippen LogP contribution is -2.08. The number of benzene rings is 1. The van der Waals surface area contributed by atoms with Crippen molar-refractivity contribution < 1.29 is 9.90 Å². The van der Waals surface area contributed by atoms with Crippen LogP contribution in [0.15, 0.2) is 30.6 Å². The zero-order chi connectivity index (χ0) is 18.7. The van der Waals surface area contributed by atoms with Gasteiger partial charge < -0.3 is 5.11 Å². The number of fused-ring (bicyclic) bond motifs is 1. The van der Waals surface area contributed by atoms with Gasteiger partial charge >= 0.3 is 6.09 Å². The number of carboxylic acid groups (broad SMARTS) is 1.